The van der Waals surface area contributed by atoms with E-state index in [0.717, 1.165) is 48.0 Å². The van der Waals surface area contributed by atoms with Gasteiger partial charge in [-0.05, 0) is 56.7 Å². The van der Waals surface area contributed by atoms with Gasteiger partial charge in [0, 0.05) is 4.88 Å². The minimum Gasteiger partial charge on any atom is -0.296 e. The molecule has 4 rings (SSSR count). The number of hydrogen-bond acceptors (Lipinski definition) is 4. The molecule has 0 N–H and O–H groups in total. The van der Waals surface area contributed by atoms with E-state index in [-0.39, 0.29) is 0 Å². The van der Waals surface area contributed by atoms with Gasteiger partial charge in [0.1, 0.15) is 15.8 Å². The molecular weight excluding hydrogens is 302 g/mol. The van der Waals surface area contributed by atoms with Crippen molar-refractivity contribution in [3.8, 4) is 0 Å². The summed E-state index contributed by atoms with van der Waals surface area (Å²) in [6.45, 7) is 5.50. The van der Waals surface area contributed by atoms with Crippen LogP contribution in [0.25, 0.3) is 10.2 Å². The van der Waals surface area contributed by atoms with Crippen molar-refractivity contribution in [2.24, 2.45) is 5.92 Å². The smallest absolute Gasteiger partial charge is 0.145 e. The standard InChI is InChI=1S/C16H20ClN3S/c1-10-4-5-11-12(8-10)21-16-14(11)15(17)18-13(19-16)9-20-6-2-3-7-20/h10H,2-9H2,1H3. The highest BCUT2D eigenvalue weighted by Gasteiger charge is 2.24. The predicted molar refractivity (Wildman–Crippen MR) is 88.1 cm³/mol. The van der Waals surface area contributed by atoms with Gasteiger partial charge in [0.25, 0.3) is 0 Å². The molecule has 0 bridgehead atoms. The second-order valence-electron chi connectivity index (χ2n) is 6.45. The Hall–Kier alpha value is -0.710. The summed E-state index contributed by atoms with van der Waals surface area (Å²) < 4.78 is 0. The molecule has 1 unspecified atom stereocenters. The molecule has 3 nitrogen and oxygen atoms in total. The van der Waals surface area contributed by atoms with Gasteiger partial charge in [0.05, 0.1) is 11.9 Å². The van der Waals surface area contributed by atoms with E-state index in [0.29, 0.717) is 5.15 Å². The summed E-state index contributed by atoms with van der Waals surface area (Å²) in [5.74, 6) is 1.67. The van der Waals surface area contributed by atoms with Crippen molar-refractivity contribution in [2.45, 2.75) is 45.6 Å². The highest BCUT2D eigenvalue weighted by molar-refractivity contribution is 7.19. The lowest BCUT2D eigenvalue weighted by Gasteiger charge is -2.17. The van der Waals surface area contributed by atoms with Gasteiger partial charge in [-0.2, -0.15) is 0 Å². The van der Waals surface area contributed by atoms with Crippen LogP contribution in [0.4, 0.5) is 0 Å². The van der Waals surface area contributed by atoms with Crippen molar-refractivity contribution in [1.82, 2.24) is 14.9 Å². The number of likely N-dealkylation sites (tertiary alicyclic amines) is 1. The third kappa shape index (κ3) is 2.58. The summed E-state index contributed by atoms with van der Waals surface area (Å²) in [7, 11) is 0. The quantitative estimate of drug-likeness (QED) is 0.781. The van der Waals surface area contributed by atoms with E-state index in [4.69, 9.17) is 16.6 Å². The van der Waals surface area contributed by atoms with E-state index < -0.39 is 0 Å². The summed E-state index contributed by atoms with van der Waals surface area (Å²) in [4.78, 5) is 14.4. The molecule has 3 heterocycles. The third-order valence-electron chi connectivity index (χ3n) is 4.72. The summed E-state index contributed by atoms with van der Waals surface area (Å²) in [6.07, 6.45) is 6.15. The Balaban J connectivity index is 1.72. The van der Waals surface area contributed by atoms with Crippen molar-refractivity contribution in [3.63, 3.8) is 0 Å². The molecule has 0 spiro atoms. The summed E-state index contributed by atoms with van der Waals surface area (Å²) >= 11 is 8.34. The molecule has 2 aromatic heterocycles. The number of nitrogens with zero attached hydrogens (tertiary/aromatic N) is 3. The molecule has 0 amide bonds. The first-order valence-corrected chi connectivity index (χ1v) is 9.09. The number of rotatable bonds is 2. The zero-order valence-electron chi connectivity index (χ0n) is 12.4. The summed E-state index contributed by atoms with van der Waals surface area (Å²) in [5, 5.41) is 1.80. The topological polar surface area (TPSA) is 29.0 Å². The van der Waals surface area contributed by atoms with Gasteiger partial charge < -0.3 is 0 Å². The van der Waals surface area contributed by atoms with Crippen LogP contribution >= 0.6 is 22.9 Å². The van der Waals surface area contributed by atoms with Crippen LogP contribution in [0.15, 0.2) is 0 Å². The van der Waals surface area contributed by atoms with Crippen LogP contribution < -0.4 is 0 Å². The van der Waals surface area contributed by atoms with Crippen LogP contribution in [-0.4, -0.2) is 28.0 Å². The second-order valence-corrected chi connectivity index (χ2v) is 7.89. The molecule has 0 aromatic carbocycles. The van der Waals surface area contributed by atoms with Gasteiger partial charge in [-0.15, -0.1) is 11.3 Å². The molecule has 2 aromatic rings. The van der Waals surface area contributed by atoms with Gasteiger partial charge in [-0.25, -0.2) is 9.97 Å². The predicted octanol–water partition coefficient (Wildman–Crippen LogP) is 4.07. The fraction of sp³-hybridized carbons (Fsp3) is 0.625. The summed E-state index contributed by atoms with van der Waals surface area (Å²) in [6, 6.07) is 0. The van der Waals surface area contributed by atoms with Gasteiger partial charge in [0.15, 0.2) is 0 Å². The van der Waals surface area contributed by atoms with Crippen molar-refractivity contribution in [2.75, 3.05) is 13.1 Å². The second kappa shape index (κ2) is 5.49. The number of hydrogen-bond donors (Lipinski definition) is 0. The Morgan fingerprint density at radius 2 is 2.10 bits per heavy atom. The van der Waals surface area contributed by atoms with Crippen LogP contribution in [0.3, 0.4) is 0 Å². The fourth-order valence-electron chi connectivity index (χ4n) is 3.55. The number of thiophene rings is 1. The molecule has 0 radical (unpaired) electrons. The molecule has 1 aliphatic carbocycles. The lowest BCUT2D eigenvalue weighted by atomic mass is 9.89. The van der Waals surface area contributed by atoms with Gasteiger partial charge in [-0.1, -0.05) is 18.5 Å². The first-order chi connectivity index (χ1) is 10.2. The van der Waals surface area contributed by atoms with Crippen LogP contribution in [0.1, 0.15) is 42.5 Å². The largest absolute Gasteiger partial charge is 0.296 e. The SMILES string of the molecule is CC1CCc2c(sc3nc(CN4CCCC4)nc(Cl)c23)C1. The number of halogens is 1. The minimum atomic E-state index is 0.668. The lowest BCUT2D eigenvalue weighted by Crippen LogP contribution is -2.20. The molecule has 1 saturated heterocycles. The van der Waals surface area contributed by atoms with E-state index >= 15 is 0 Å². The maximum Gasteiger partial charge on any atom is 0.145 e. The third-order valence-corrected chi connectivity index (χ3v) is 6.14. The minimum absolute atomic E-state index is 0.668. The Kier molecular flexibility index (Phi) is 3.64. The van der Waals surface area contributed by atoms with Gasteiger partial charge >= 0.3 is 0 Å². The first kappa shape index (κ1) is 13.9. The molecule has 5 heteroatoms. The van der Waals surface area contributed by atoms with Gasteiger partial charge in [0.2, 0.25) is 0 Å². The monoisotopic (exact) mass is 321 g/mol. The van der Waals surface area contributed by atoms with E-state index in [2.05, 4.69) is 16.8 Å². The van der Waals surface area contributed by atoms with E-state index in [1.54, 1.807) is 0 Å². The van der Waals surface area contributed by atoms with Crippen molar-refractivity contribution >= 4 is 33.2 Å². The molecular formula is C16H20ClN3S. The van der Waals surface area contributed by atoms with Crippen LogP contribution in [0, 0.1) is 5.92 Å². The lowest BCUT2D eigenvalue weighted by molar-refractivity contribution is 0.323. The Labute approximate surface area is 134 Å². The Morgan fingerprint density at radius 1 is 1.29 bits per heavy atom. The average molecular weight is 322 g/mol. The molecule has 1 aliphatic heterocycles. The molecule has 21 heavy (non-hydrogen) atoms. The number of aryl methyl sites for hydroxylation is 1. The molecule has 112 valence electrons. The van der Waals surface area contributed by atoms with Crippen molar-refractivity contribution in [1.29, 1.82) is 0 Å². The Bertz CT molecular complexity index is 676. The fourth-order valence-corrected chi connectivity index (χ4v) is 5.31. The maximum absolute atomic E-state index is 6.50. The molecule has 1 atom stereocenters. The van der Waals surface area contributed by atoms with Crippen LogP contribution in [0.2, 0.25) is 5.15 Å². The number of fused-ring (bicyclic) bond motifs is 3. The molecule has 0 saturated carbocycles. The average Bonchev–Trinajstić information content (AvgIpc) is 3.05. The van der Waals surface area contributed by atoms with Crippen molar-refractivity contribution < 1.29 is 0 Å². The van der Waals surface area contributed by atoms with Gasteiger partial charge in [-0.3, -0.25) is 4.90 Å². The molecule has 1 fully saturated rings. The van der Waals surface area contributed by atoms with E-state index in [1.807, 2.05) is 11.3 Å². The number of aromatic nitrogens is 2. The summed E-state index contributed by atoms with van der Waals surface area (Å²) in [5.41, 5.74) is 1.42. The highest BCUT2D eigenvalue weighted by Crippen LogP contribution is 2.39. The first-order valence-electron chi connectivity index (χ1n) is 7.89. The Morgan fingerprint density at radius 3 is 2.90 bits per heavy atom. The van der Waals surface area contributed by atoms with Crippen LogP contribution in [0.5, 0.6) is 0 Å². The normalized spacial score (nSPS) is 22.9. The highest BCUT2D eigenvalue weighted by atomic mass is 35.5. The van der Waals surface area contributed by atoms with E-state index in [1.165, 1.54) is 36.1 Å². The van der Waals surface area contributed by atoms with Crippen LogP contribution in [-0.2, 0) is 19.4 Å². The maximum atomic E-state index is 6.50. The zero-order chi connectivity index (χ0) is 14.4. The van der Waals surface area contributed by atoms with Crippen molar-refractivity contribution in [3.05, 3.63) is 21.4 Å². The molecule has 2 aliphatic rings. The van der Waals surface area contributed by atoms with E-state index in [9.17, 15) is 0 Å². The zero-order valence-corrected chi connectivity index (χ0v) is 13.9.